The summed E-state index contributed by atoms with van der Waals surface area (Å²) in [5.41, 5.74) is -0.634. The number of hydrogen-bond acceptors (Lipinski definition) is 4. The Kier molecular flexibility index (Phi) is 5.80. The van der Waals surface area contributed by atoms with Crippen molar-refractivity contribution in [1.29, 1.82) is 0 Å². The average Bonchev–Trinajstić information content (AvgIpc) is 2.62. The molecule has 6 nitrogen and oxygen atoms in total. The molecule has 2 aliphatic rings. The topological polar surface area (TPSA) is 82.3 Å². The summed E-state index contributed by atoms with van der Waals surface area (Å²) < 4.78 is 40.6. The van der Waals surface area contributed by atoms with Crippen molar-refractivity contribution in [2.24, 2.45) is 0 Å². The van der Waals surface area contributed by atoms with E-state index in [4.69, 9.17) is 0 Å². The van der Waals surface area contributed by atoms with E-state index in [9.17, 15) is 22.8 Å². The summed E-state index contributed by atoms with van der Waals surface area (Å²) >= 11 is 0. The Morgan fingerprint density at radius 2 is 1.70 bits per heavy atom. The molecule has 2 heterocycles. The van der Waals surface area contributed by atoms with Crippen LogP contribution >= 0.6 is 0 Å². The molecule has 9 heteroatoms. The molecule has 27 heavy (non-hydrogen) atoms. The zero-order valence-electron chi connectivity index (χ0n) is 14.4. The molecule has 0 aliphatic carbocycles. The van der Waals surface area contributed by atoms with Gasteiger partial charge in [-0.3, -0.25) is 9.59 Å². The molecule has 0 aromatic heterocycles. The minimum atomic E-state index is -1.32. The van der Waals surface area contributed by atoms with E-state index in [-0.39, 0.29) is 23.2 Å². The summed E-state index contributed by atoms with van der Waals surface area (Å²) in [5, 5.41) is 11.2. The molecule has 2 amide bonds. The van der Waals surface area contributed by atoms with E-state index in [0.717, 1.165) is 25.9 Å². The lowest BCUT2D eigenvalue weighted by Gasteiger charge is -2.25. The van der Waals surface area contributed by atoms with Gasteiger partial charge in [0.15, 0.2) is 0 Å². The van der Waals surface area contributed by atoms with Crippen molar-refractivity contribution in [2.75, 3.05) is 19.6 Å². The summed E-state index contributed by atoms with van der Waals surface area (Å²) in [6.45, 7) is 1.97. The monoisotopic (exact) mass is 380 g/mol. The van der Waals surface area contributed by atoms with Crippen molar-refractivity contribution in [2.45, 2.75) is 18.9 Å². The van der Waals surface area contributed by atoms with E-state index in [1.165, 1.54) is 6.20 Å². The van der Waals surface area contributed by atoms with E-state index in [2.05, 4.69) is 21.3 Å². The molecule has 1 saturated heterocycles. The number of carbonyl (C=O) groups excluding carboxylic acids is 2. The minimum Gasteiger partial charge on any atom is -0.386 e. The van der Waals surface area contributed by atoms with Gasteiger partial charge in [0.25, 0.3) is 11.8 Å². The highest BCUT2D eigenvalue weighted by atomic mass is 19.1. The van der Waals surface area contributed by atoms with Crippen molar-refractivity contribution in [3.63, 3.8) is 0 Å². The van der Waals surface area contributed by atoms with E-state index in [0.29, 0.717) is 18.7 Å². The second kappa shape index (κ2) is 8.26. The Hall–Kier alpha value is -2.81. The van der Waals surface area contributed by atoms with Crippen LogP contribution in [-0.4, -0.2) is 37.5 Å². The molecule has 2 aliphatic heterocycles. The van der Waals surface area contributed by atoms with Crippen LogP contribution in [0.5, 0.6) is 0 Å². The summed E-state index contributed by atoms with van der Waals surface area (Å²) in [6.07, 6.45) is 4.53. The number of rotatable bonds is 4. The molecule has 0 unspecified atom stereocenters. The molecule has 144 valence electrons. The molecule has 1 fully saturated rings. The number of halogens is 3. The molecular weight excluding hydrogens is 361 g/mol. The van der Waals surface area contributed by atoms with Gasteiger partial charge in [0.05, 0.1) is 11.3 Å². The SMILES string of the molecule is O=C(NC1CCNCC1)C1=CCNC=C1NC(=O)c1c(F)cc(F)cc1F. The predicted molar refractivity (Wildman–Crippen MR) is 92.0 cm³/mol. The lowest BCUT2D eigenvalue weighted by Crippen LogP contribution is -2.44. The largest absolute Gasteiger partial charge is 0.386 e. The highest BCUT2D eigenvalue weighted by Crippen LogP contribution is 2.17. The van der Waals surface area contributed by atoms with E-state index < -0.39 is 28.9 Å². The first kappa shape index (κ1) is 19.0. The van der Waals surface area contributed by atoms with Crippen LogP contribution in [0.25, 0.3) is 0 Å². The van der Waals surface area contributed by atoms with Gasteiger partial charge in [-0.25, -0.2) is 13.2 Å². The summed E-state index contributed by atoms with van der Waals surface area (Å²) in [5.74, 6) is -5.25. The summed E-state index contributed by atoms with van der Waals surface area (Å²) in [7, 11) is 0. The number of hydrogen-bond donors (Lipinski definition) is 4. The zero-order chi connectivity index (χ0) is 19.4. The third kappa shape index (κ3) is 4.48. The van der Waals surface area contributed by atoms with E-state index in [1.807, 2.05) is 0 Å². The lowest BCUT2D eigenvalue weighted by molar-refractivity contribution is -0.118. The molecule has 0 radical (unpaired) electrons. The molecule has 1 aromatic carbocycles. The van der Waals surface area contributed by atoms with Gasteiger partial charge < -0.3 is 21.3 Å². The maximum atomic E-state index is 13.8. The average molecular weight is 380 g/mol. The Morgan fingerprint density at radius 3 is 2.37 bits per heavy atom. The third-order valence-electron chi connectivity index (χ3n) is 4.36. The van der Waals surface area contributed by atoms with Crippen LogP contribution in [0.2, 0.25) is 0 Å². The summed E-state index contributed by atoms with van der Waals surface area (Å²) in [6, 6.07) is 0.858. The highest BCUT2D eigenvalue weighted by molar-refractivity contribution is 6.02. The van der Waals surface area contributed by atoms with Crippen molar-refractivity contribution < 1.29 is 22.8 Å². The van der Waals surface area contributed by atoms with Gasteiger partial charge in [-0.2, -0.15) is 0 Å². The molecule has 0 spiro atoms. The van der Waals surface area contributed by atoms with Crippen LogP contribution in [0, 0.1) is 17.5 Å². The molecular formula is C18H19F3N4O2. The molecule has 1 aromatic rings. The number of nitrogens with one attached hydrogen (secondary N) is 4. The van der Waals surface area contributed by atoms with Crippen LogP contribution < -0.4 is 21.3 Å². The first-order chi connectivity index (χ1) is 13.0. The smallest absolute Gasteiger partial charge is 0.261 e. The van der Waals surface area contributed by atoms with Crippen LogP contribution in [-0.2, 0) is 4.79 Å². The van der Waals surface area contributed by atoms with Gasteiger partial charge in [-0.05, 0) is 25.9 Å². The minimum absolute atomic E-state index is 0.0125. The molecule has 4 N–H and O–H groups in total. The van der Waals surface area contributed by atoms with Crippen molar-refractivity contribution in [3.8, 4) is 0 Å². The molecule has 3 rings (SSSR count). The normalized spacial score (nSPS) is 17.4. The molecule has 0 atom stereocenters. The van der Waals surface area contributed by atoms with E-state index in [1.54, 1.807) is 6.08 Å². The van der Waals surface area contributed by atoms with Crippen molar-refractivity contribution in [3.05, 3.63) is 58.7 Å². The second-order valence-corrected chi connectivity index (χ2v) is 6.28. The van der Waals surface area contributed by atoms with E-state index >= 15 is 0 Å². The van der Waals surface area contributed by atoms with Crippen LogP contribution in [0.3, 0.4) is 0 Å². The van der Waals surface area contributed by atoms with Gasteiger partial charge in [0.1, 0.15) is 23.0 Å². The number of piperidine rings is 1. The summed E-state index contributed by atoms with van der Waals surface area (Å²) in [4.78, 5) is 24.8. The maximum Gasteiger partial charge on any atom is 0.261 e. The second-order valence-electron chi connectivity index (χ2n) is 6.28. The fraction of sp³-hybridized carbons (Fsp3) is 0.333. The predicted octanol–water partition coefficient (Wildman–Crippen LogP) is 1.07. The third-order valence-corrected chi connectivity index (χ3v) is 4.36. The van der Waals surface area contributed by atoms with Gasteiger partial charge in [-0.15, -0.1) is 0 Å². The van der Waals surface area contributed by atoms with Crippen LogP contribution in [0.4, 0.5) is 13.2 Å². The Labute approximate surface area is 153 Å². The first-order valence-electron chi connectivity index (χ1n) is 8.57. The lowest BCUT2D eigenvalue weighted by atomic mass is 10.0. The fourth-order valence-corrected chi connectivity index (χ4v) is 3.00. The van der Waals surface area contributed by atoms with Gasteiger partial charge >= 0.3 is 0 Å². The van der Waals surface area contributed by atoms with Crippen molar-refractivity contribution in [1.82, 2.24) is 21.3 Å². The Morgan fingerprint density at radius 1 is 1.04 bits per heavy atom. The van der Waals surface area contributed by atoms with Crippen LogP contribution in [0.1, 0.15) is 23.2 Å². The zero-order valence-corrected chi connectivity index (χ0v) is 14.4. The van der Waals surface area contributed by atoms with Gasteiger partial charge in [-0.1, -0.05) is 6.08 Å². The number of amides is 2. The molecule has 0 bridgehead atoms. The first-order valence-corrected chi connectivity index (χ1v) is 8.57. The maximum absolute atomic E-state index is 13.8. The fourth-order valence-electron chi connectivity index (χ4n) is 3.00. The van der Waals surface area contributed by atoms with Crippen molar-refractivity contribution >= 4 is 11.8 Å². The Balaban J connectivity index is 1.73. The highest BCUT2D eigenvalue weighted by Gasteiger charge is 2.25. The number of dihydropyridines is 1. The van der Waals surface area contributed by atoms with Gasteiger partial charge in [0.2, 0.25) is 0 Å². The van der Waals surface area contributed by atoms with Gasteiger partial charge in [0, 0.05) is 30.9 Å². The molecule has 0 saturated carbocycles. The quantitative estimate of drug-likeness (QED) is 0.630. The Bertz CT molecular complexity index is 794. The van der Waals surface area contributed by atoms with Crippen LogP contribution in [0.15, 0.2) is 35.7 Å². The standard InChI is InChI=1S/C18H19F3N4O2/c19-10-7-13(20)16(14(21)8-10)18(27)25-15-9-23-6-3-12(15)17(26)24-11-1-4-22-5-2-11/h3,7-9,11,22-23H,1-2,4-6H2,(H,24,26)(H,25,27). The number of carbonyl (C=O) groups is 2. The number of benzene rings is 1.